The molecular formula is C40H32N6. The first kappa shape index (κ1) is 27.7. The second-order valence-corrected chi connectivity index (χ2v) is 12.5. The number of hydrogen-bond acceptors (Lipinski definition) is 4. The molecule has 0 aliphatic rings. The van der Waals surface area contributed by atoms with Gasteiger partial charge in [-0.1, -0.05) is 48.5 Å². The molecule has 0 aliphatic heterocycles. The number of hydrogen-bond donors (Lipinski definition) is 0. The van der Waals surface area contributed by atoms with Gasteiger partial charge in [0.25, 0.3) is 0 Å². The summed E-state index contributed by atoms with van der Waals surface area (Å²) >= 11 is 0. The third kappa shape index (κ3) is 4.20. The standard InChI is InChI=1S/C40H32N6/c1-22-7-11-29-30-12-8-23(2)16-35(30)45(34(29)15-22)38-19-28(40-43-26(5)42-27(6)44-40)20-39(33(38)21-41)46-36-17-24(3)9-13-31(36)32-14-10-25(4)18-37(32)46/h7-20H,1-6H3. The molecule has 8 rings (SSSR count). The molecule has 6 nitrogen and oxygen atoms in total. The molecular weight excluding hydrogens is 564 g/mol. The van der Waals surface area contributed by atoms with Crippen LogP contribution in [0.15, 0.2) is 84.9 Å². The lowest BCUT2D eigenvalue weighted by Crippen LogP contribution is -2.07. The third-order valence-corrected chi connectivity index (χ3v) is 8.96. The highest BCUT2D eigenvalue weighted by Gasteiger charge is 2.23. The predicted molar refractivity (Wildman–Crippen MR) is 187 cm³/mol. The van der Waals surface area contributed by atoms with Crippen molar-refractivity contribution in [3.63, 3.8) is 0 Å². The van der Waals surface area contributed by atoms with E-state index in [1.165, 1.54) is 0 Å². The minimum atomic E-state index is 0.579. The van der Waals surface area contributed by atoms with Crippen LogP contribution in [0.2, 0.25) is 0 Å². The maximum atomic E-state index is 11.1. The van der Waals surface area contributed by atoms with Crippen LogP contribution < -0.4 is 0 Å². The maximum absolute atomic E-state index is 11.1. The zero-order chi connectivity index (χ0) is 31.9. The Bertz CT molecular complexity index is 2330. The number of fused-ring (bicyclic) bond motifs is 6. The van der Waals surface area contributed by atoms with Crippen LogP contribution >= 0.6 is 0 Å². The maximum Gasteiger partial charge on any atom is 0.163 e. The lowest BCUT2D eigenvalue weighted by Gasteiger charge is -2.18. The molecule has 3 heterocycles. The number of benzene rings is 5. The van der Waals surface area contributed by atoms with E-state index in [1.54, 1.807) is 0 Å². The van der Waals surface area contributed by atoms with E-state index in [4.69, 9.17) is 9.97 Å². The summed E-state index contributed by atoms with van der Waals surface area (Å²) in [5.74, 6) is 1.89. The number of aryl methyl sites for hydroxylation is 6. The first-order valence-electron chi connectivity index (χ1n) is 15.5. The SMILES string of the molecule is Cc1ccc2c3ccc(C)cc3n(-c3cc(-c4nc(C)nc(C)n4)cc(-n4c5cc(C)ccc5c5ccc(C)cc54)c3C#N)c2c1. The van der Waals surface area contributed by atoms with Crippen LogP contribution in [0.25, 0.3) is 66.4 Å². The Hall–Kier alpha value is -5.80. The molecule has 0 saturated heterocycles. The summed E-state index contributed by atoms with van der Waals surface area (Å²) in [6.45, 7) is 12.2. The molecule has 0 radical (unpaired) electrons. The molecule has 6 heteroatoms. The lowest BCUT2D eigenvalue weighted by molar-refractivity contribution is 0.927. The second-order valence-electron chi connectivity index (χ2n) is 12.5. The summed E-state index contributed by atoms with van der Waals surface area (Å²) < 4.78 is 4.50. The van der Waals surface area contributed by atoms with Crippen LogP contribution in [0.4, 0.5) is 0 Å². The minimum Gasteiger partial charge on any atom is -0.308 e. The summed E-state index contributed by atoms with van der Waals surface area (Å²) in [6, 6.07) is 33.0. The summed E-state index contributed by atoms with van der Waals surface area (Å²) in [5.41, 5.74) is 11.8. The molecule has 46 heavy (non-hydrogen) atoms. The van der Waals surface area contributed by atoms with Gasteiger partial charge in [0.05, 0.1) is 33.4 Å². The largest absolute Gasteiger partial charge is 0.308 e. The number of nitriles is 1. The number of rotatable bonds is 3. The van der Waals surface area contributed by atoms with Gasteiger partial charge in [0.15, 0.2) is 5.82 Å². The summed E-state index contributed by atoms with van der Waals surface area (Å²) in [6.07, 6.45) is 0. The molecule has 0 fully saturated rings. The molecule has 0 bridgehead atoms. The molecule has 0 saturated carbocycles. The molecule has 0 aliphatic carbocycles. The normalized spacial score (nSPS) is 11.7. The van der Waals surface area contributed by atoms with Gasteiger partial charge in [-0.3, -0.25) is 0 Å². The van der Waals surface area contributed by atoms with Crippen LogP contribution in [0.1, 0.15) is 39.5 Å². The number of nitrogens with zero attached hydrogens (tertiary/aromatic N) is 6. The van der Waals surface area contributed by atoms with Crippen molar-refractivity contribution in [2.45, 2.75) is 41.5 Å². The average molecular weight is 597 g/mol. The lowest BCUT2D eigenvalue weighted by atomic mass is 10.0. The van der Waals surface area contributed by atoms with E-state index in [1.807, 2.05) is 13.8 Å². The van der Waals surface area contributed by atoms with E-state index in [2.05, 4.69) is 133 Å². The molecule has 0 N–H and O–H groups in total. The van der Waals surface area contributed by atoms with Crippen molar-refractivity contribution in [2.24, 2.45) is 0 Å². The molecule has 0 unspecified atom stereocenters. The van der Waals surface area contributed by atoms with E-state index in [-0.39, 0.29) is 0 Å². The van der Waals surface area contributed by atoms with Crippen LogP contribution in [0.5, 0.6) is 0 Å². The van der Waals surface area contributed by atoms with Gasteiger partial charge >= 0.3 is 0 Å². The molecule has 0 atom stereocenters. The highest BCUT2D eigenvalue weighted by molar-refractivity contribution is 6.11. The molecule has 8 aromatic rings. The van der Waals surface area contributed by atoms with Crippen LogP contribution in [0, 0.1) is 52.9 Å². The van der Waals surface area contributed by atoms with Gasteiger partial charge in [-0.05, 0) is 100 Å². The average Bonchev–Trinajstić information content (AvgIpc) is 3.50. The smallest absolute Gasteiger partial charge is 0.163 e. The predicted octanol–water partition coefficient (Wildman–Crippen LogP) is 9.45. The zero-order valence-electron chi connectivity index (χ0n) is 26.8. The van der Waals surface area contributed by atoms with Crippen molar-refractivity contribution in [3.8, 4) is 28.8 Å². The second kappa shape index (κ2) is 10.1. The van der Waals surface area contributed by atoms with Gasteiger partial charge in [0, 0.05) is 27.1 Å². The Morgan fingerprint density at radius 2 is 0.826 bits per heavy atom. The fourth-order valence-electron chi connectivity index (χ4n) is 6.95. The van der Waals surface area contributed by atoms with Gasteiger partial charge < -0.3 is 9.13 Å². The zero-order valence-corrected chi connectivity index (χ0v) is 26.8. The van der Waals surface area contributed by atoms with Crippen LogP contribution in [-0.4, -0.2) is 24.1 Å². The van der Waals surface area contributed by atoms with Crippen molar-refractivity contribution in [2.75, 3.05) is 0 Å². The molecule has 0 spiro atoms. The quantitative estimate of drug-likeness (QED) is 0.204. The Balaban J connectivity index is 1.60. The van der Waals surface area contributed by atoms with E-state index >= 15 is 0 Å². The van der Waals surface area contributed by atoms with Crippen LogP contribution in [0.3, 0.4) is 0 Å². The monoisotopic (exact) mass is 596 g/mol. The fourth-order valence-corrected chi connectivity index (χ4v) is 6.95. The Morgan fingerprint density at radius 1 is 0.478 bits per heavy atom. The molecule has 3 aromatic heterocycles. The van der Waals surface area contributed by atoms with Crippen molar-refractivity contribution in [3.05, 3.63) is 124 Å². The first-order chi connectivity index (χ1) is 22.2. The topological polar surface area (TPSA) is 72.3 Å². The van der Waals surface area contributed by atoms with Crippen molar-refractivity contribution in [1.82, 2.24) is 24.1 Å². The highest BCUT2D eigenvalue weighted by atomic mass is 15.0. The Kier molecular flexibility index (Phi) is 6.10. The molecule has 0 amide bonds. The van der Waals surface area contributed by atoms with Crippen molar-refractivity contribution >= 4 is 43.6 Å². The van der Waals surface area contributed by atoms with E-state index < -0.39 is 0 Å². The number of aromatic nitrogens is 5. The third-order valence-electron chi connectivity index (χ3n) is 8.96. The minimum absolute atomic E-state index is 0.579. The van der Waals surface area contributed by atoms with Gasteiger partial charge in [-0.25, -0.2) is 15.0 Å². The van der Waals surface area contributed by atoms with Crippen LogP contribution in [-0.2, 0) is 0 Å². The van der Waals surface area contributed by atoms with E-state index in [0.717, 1.165) is 82.8 Å². The Labute approximate surface area is 267 Å². The van der Waals surface area contributed by atoms with Crippen molar-refractivity contribution < 1.29 is 0 Å². The first-order valence-corrected chi connectivity index (χ1v) is 15.5. The van der Waals surface area contributed by atoms with E-state index in [9.17, 15) is 5.26 Å². The van der Waals surface area contributed by atoms with E-state index in [0.29, 0.717) is 23.0 Å². The Morgan fingerprint density at radius 3 is 1.15 bits per heavy atom. The summed E-state index contributed by atoms with van der Waals surface area (Å²) in [5, 5.41) is 15.7. The van der Waals surface area contributed by atoms with Gasteiger partial charge in [-0.2, -0.15) is 5.26 Å². The van der Waals surface area contributed by atoms with Gasteiger partial charge in [0.1, 0.15) is 23.3 Å². The van der Waals surface area contributed by atoms with Gasteiger partial charge in [-0.15, -0.1) is 0 Å². The summed E-state index contributed by atoms with van der Waals surface area (Å²) in [7, 11) is 0. The summed E-state index contributed by atoms with van der Waals surface area (Å²) in [4.78, 5) is 14.0. The van der Waals surface area contributed by atoms with Crippen molar-refractivity contribution in [1.29, 1.82) is 5.26 Å². The van der Waals surface area contributed by atoms with Gasteiger partial charge in [0.2, 0.25) is 0 Å². The molecule has 222 valence electrons. The fraction of sp³-hybridized carbons (Fsp3) is 0.150. The highest BCUT2D eigenvalue weighted by Crippen LogP contribution is 2.40. The molecule has 5 aromatic carbocycles.